The molecule has 1 N–H and O–H groups in total. The van der Waals surface area contributed by atoms with Crippen molar-refractivity contribution in [1.82, 2.24) is 10.2 Å². The summed E-state index contributed by atoms with van der Waals surface area (Å²) in [5.41, 5.74) is 3.87. The molecular formula is C24H25N3O4. The molecule has 3 aliphatic rings. The van der Waals surface area contributed by atoms with E-state index < -0.39 is 6.04 Å². The van der Waals surface area contributed by atoms with Gasteiger partial charge >= 0.3 is 0 Å². The van der Waals surface area contributed by atoms with Crippen LogP contribution in [-0.2, 0) is 27.5 Å². The fraction of sp³-hybridized carbons (Fsp3) is 0.375. The van der Waals surface area contributed by atoms with Crippen LogP contribution in [0.15, 0.2) is 48.5 Å². The maximum atomic E-state index is 12.8. The predicted octanol–water partition coefficient (Wildman–Crippen LogP) is 2.10. The quantitative estimate of drug-likeness (QED) is 0.726. The first-order chi connectivity index (χ1) is 15.1. The molecule has 0 aliphatic carbocycles. The lowest BCUT2D eigenvalue weighted by molar-refractivity contribution is -0.136. The third-order valence-corrected chi connectivity index (χ3v) is 6.29. The molecule has 2 fully saturated rings. The smallest absolute Gasteiger partial charge is 0.255 e. The number of imide groups is 1. The second kappa shape index (κ2) is 8.15. The first-order valence-electron chi connectivity index (χ1n) is 10.7. The zero-order chi connectivity index (χ0) is 21.4. The Bertz CT molecular complexity index is 1020. The van der Waals surface area contributed by atoms with Gasteiger partial charge in [-0.3, -0.25) is 19.7 Å². The van der Waals surface area contributed by atoms with E-state index in [2.05, 4.69) is 28.4 Å². The van der Waals surface area contributed by atoms with Gasteiger partial charge in [-0.15, -0.1) is 0 Å². The third-order valence-electron chi connectivity index (χ3n) is 6.29. The molecule has 3 amide bonds. The summed E-state index contributed by atoms with van der Waals surface area (Å²) in [5, 5.41) is 2.34. The molecular weight excluding hydrogens is 394 g/mol. The van der Waals surface area contributed by atoms with E-state index in [4.69, 9.17) is 4.74 Å². The first-order valence-corrected chi connectivity index (χ1v) is 10.7. The summed E-state index contributed by atoms with van der Waals surface area (Å²) in [6.45, 7) is 3.63. The first kappa shape index (κ1) is 19.8. The lowest BCUT2D eigenvalue weighted by atomic mass is 9.99. The number of benzene rings is 2. The lowest BCUT2D eigenvalue weighted by Crippen LogP contribution is -2.52. The fourth-order valence-corrected chi connectivity index (χ4v) is 4.56. The number of carbonyl (C=O) groups excluding carboxylic acids is 3. The van der Waals surface area contributed by atoms with E-state index in [1.165, 1.54) is 5.56 Å². The molecule has 7 heteroatoms. The Hall–Kier alpha value is -3.19. The van der Waals surface area contributed by atoms with Gasteiger partial charge in [0.15, 0.2) is 0 Å². The van der Waals surface area contributed by atoms with Crippen LogP contribution in [0.5, 0.6) is 0 Å². The number of rotatable bonds is 6. The normalized spacial score (nSPS) is 21.2. The maximum Gasteiger partial charge on any atom is 0.255 e. The van der Waals surface area contributed by atoms with Gasteiger partial charge in [0.2, 0.25) is 11.8 Å². The van der Waals surface area contributed by atoms with E-state index in [9.17, 15) is 14.4 Å². The van der Waals surface area contributed by atoms with Gasteiger partial charge in [0.1, 0.15) is 6.04 Å². The van der Waals surface area contributed by atoms with Crippen LogP contribution in [0, 0.1) is 5.92 Å². The minimum atomic E-state index is -0.573. The van der Waals surface area contributed by atoms with Crippen molar-refractivity contribution in [3.63, 3.8) is 0 Å². The maximum absolute atomic E-state index is 12.8. The van der Waals surface area contributed by atoms with Gasteiger partial charge in [-0.1, -0.05) is 30.3 Å². The topological polar surface area (TPSA) is 79.0 Å². The SMILES string of the molecule is O=C1CCC(N2Cc3cc(N4CC(COCc5ccccc5)C4)ccc3C2=O)C(=O)N1. The summed E-state index contributed by atoms with van der Waals surface area (Å²) in [6, 6.07) is 15.5. The van der Waals surface area contributed by atoms with Crippen molar-refractivity contribution in [2.45, 2.75) is 32.0 Å². The number of piperidine rings is 1. The van der Waals surface area contributed by atoms with E-state index in [0.29, 0.717) is 31.1 Å². The molecule has 0 bridgehead atoms. The molecule has 5 rings (SSSR count). The molecule has 2 aromatic carbocycles. The van der Waals surface area contributed by atoms with E-state index in [0.717, 1.165) is 30.9 Å². The number of carbonyl (C=O) groups is 3. The Morgan fingerprint density at radius 1 is 1.03 bits per heavy atom. The molecule has 160 valence electrons. The van der Waals surface area contributed by atoms with Crippen LogP contribution < -0.4 is 10.2 Å². The Balaban J connectivity index is 1.16. The second-order valence-electron chi connectivity index (χ2n) is 8.51. The number of anilines is 1. The summed E-state index contributed by atoms with van der Waals surface area (Å²) in [7, 11) is 0. The van der Waals surface area contributed by atoms with E-state index in [1.807, 2.05) is 30.3 Å². The standard InChI is InChI=1S/C24H25N3O4/c28-22-9-8-21(23(29)25-22)27-13-18-10-19(6-7-20(18)24(27)30)26-11-17(12-26)15-31-14-16-4-2-1-3-5-16/h1-7,10,17,21H,8-9,11-15H2,(H,25,28,29). The minimum Gasteiger partial charge on any atom is -0.376 e. The number of fused-ring (bicyclic) bond motifs is 1. The van der Waals surface area contributed by atoms with Crippen molar-refractivity contribution >= 4 is 23.4 Å². The number of ether oxygens (including phenoxy) is 1. The Kier molecular flexibility index (Phi) is 5.19. The summed E-state index contributed by atoms with van der Waals surface area (Å²) >= 11 is 0. The van der Waals surface area contributed by atoms with Gasteiger partial charge < -0.3 is 14.5 Å². The number of nitrogens with one attached hydrogen (secondary N) is 1. The molecule has 0 spiro atoms. The van der Waals surface area contributed by atoms with Crippen LogP contribution in [-0.4, -0.2) is 48.4 Å². The zero-order valence-corrected chi connectivity index (χ0v) is 17.3. The molecule has 2 saturated heterocycles. The number of hydrogen-bond donors (Lipinski definition) is 1. The average molecular weight is 419 g/mol. The number of hydrogen-bond acceptors (Lipinski definition) is 5. The monoisotopic (exact) mass is 419 g/mol. The molecule has 1 atom stereocenters. The van der Waals surface area contributed by atoms with E-state index >= 15 is 0 Å². The van der Waals surface area contributed by atoms with Gasteiger partial charge in [0, 0.05) is 43.2 Å². The van der Waals surface area contributed by atoms with Gasteiger partial charge in [-0.05, 0) is 35.7 Å². The summed E-state index contributed by atoms with van der Waals surface area (Å²) in [4.78, 5) is 40.3. The predicted molar refractivity (Wildman–Crippen MR) is 114 cm³/mol. The van der Waals surface area contributed by atoms with Crippen molar-refractivity contribution in [2.75, 3.05) is 24.6 Å². The van der Waals surface area contributed by atoms with Crippen LogP contribution >= 0.6 is 0 Å². The van der Waals surface area contributed by atoms with Crippen LogP contribution in [0.3, 0.4) is 0 Å². The summed E-state index contributed by atoms with van der Waals surface area (Å²) in [5.74, 6) is -0.281. The summed E-state index contributed by atoms with van der Waals surface area (Å²) in [6.07, 6.45) is 0.650. The van der Waals surface area contributed by atoms with Gasteiger partial charge in [0.05, 0.1) is 13.2 Å². The molecule has 0 radical (unpaired) electrons. The molecule has 0 aromatic heterocycles. The van der Waals surface area contributed by atoms with Crippen molar-refractivity contribution in [1.29, 1.82) is 0 Å². The Morgan fingerprint density at radius 2 is 1.84 bits per heavy atom. The van der Waals surface area contributed by atoms with Crippen LogP contribution in [0.2, 0.25) is 0 Å². The van der Waals surface area contributed by atoms with Crippen LogP contribution in [0.25, 0.3) is 0 Å². The molecule has 7 nitrogen and oxygen atoms in total. The lowest BCUT2D eigenvalue weighted by Gasteiger charge is -2.41. The van der Waals surface area contributed by atoms with Crippen molar-refractivity contribution < 1.29 is 19.1 Å². The second-order valence-corrected chi connectivity index (χ2v) is 8.51. The molecule has 2 aromatic rings. The molecule has 3 aliphatic heterocycles. The van der Waals surface area contributed by atoms with Crippen molar-refractivity contribution in [3.8, 4) is 0 Å². The van der Waals surface area contributed by atoms with Crippen LogP contribution in [0.1, 0.15) is 34.3 Å². The summed E-state index contributed by atoms with van der Waals surface area (Å²) < 4.78 is 5.85. The van der Waals surface area contributed by atoms with Gasteiger partial charge in [-0.25, -0.2) is 0 Å². The molecule has 0 saturated carbocycles. The highest BCUT2D eigenvalue weighted by atomic mass is 16.5. The van der Waals surface area contributed by atoms with E-state index in [-0.39, 0.29) is 24.1 Å². The van der Waals surface area contributed by atoms with Crippen LogP contribution in [0.4, 0.5) is 5.69 Å². The van der Waals surface area contributed by atoms with Crippen molar-refractivity contribution in [3.05, 3.63) is 65.2 Å². The van der Waals surface area contributed by atoms with Gasteiger partial charge in [0.25, 0.3) is 5.91 Å². The average Bonchev–Trinajstić information content (AvgIpc) is 3.06. The highest BCUT2D eigenvalue weighted by molar-refractivity contribution is 6.05. The molecule has 31 heavy (non-hydrogen) atoms. The Labute approximate surface area is 181 Å². The highest BCUT2D eigenvalue weighted by Crippen LogP contribution is 2.32. The zero-order valence-electron chi connectivity index (χ0n) is 17.3. The third kappa shape index (κ3) is 3.93. The fourth-order valence-electron chi connectivity index (χ4n) is 4.56. The van der Waals surface area contributed by atoms with E-state index in [1.54, 1.807) is 4.90 Å². The number of amides is 3. The molecule has 1 unspecified atom stereocenters. The van der Waals surface area contributed by atoms with Crippen molar-refractivity contribution in [2.24, 2.45) is 5.92 Å². The molecule has 3 heterocycles. The minimum absolute atomic E-state index is 0.133. The van der Waals surface area contributed by atoms with Gasteiger partial charge in [-0.2, -0.15) is 0 Å². The largest absolute Gasteiger partial charge is 0.376 e. The Morgan fingerprint density at radius 3 is 2.61 bits per heavy atom. The highest BCUT2D eigenvalue weighted by Gasteiger charge is 2.39. The number of nitrogens with zero attached hydrogens (tertiary/aromatic N) is 2.